The quantitative estimate of drug-likeness (QED) is 0.758. The van der Waals surface area contributed by atoms with Crippen LogP contribution in [0.15, 0.2) is 48.8 Å². The maximum atomic E-state index is 9.75. The summed E-state index contributed by atoms with van der Waals surface area (Å²) in [4.78, 5) is 11.1. The van der Waals surface area contributed by atoms with Gasteiger partial charge in [0.25, 0.3) is 0 Å². The molecular weight excluding hydrogens is 350 g/mol. The maximum absolute atomic E-state index is 9.75. The van der Waals surface area contributed by atoms with E-state index in [4.69, 9.17) is 10.5 Å². The number of aromatic nitrogens is 2. The largest absolute Gasteiger partial charge is 0.497 e. The molecule has 1 aliphatic heterocycles. The first-order valence-corrected chi connectivity index (χ1v) is 9.16. The van der Waals surface area contributed by atoms with Gasteiger partial charge < -0.3 is 10.5 Å². The zero-order valence-corrected chi connectivity index (χ0v) is 15.7. The van der Waals surface area contributed by atoms with Gasteiger partial charge >= 0.3 is 0 Å². The Morgan fingerprint density at radius 1 is 1.25 bits per heavy atom. The number of benzene rings is 1. The first-order valence-electron chi connectivity index (χ1n) is 9.16. The average Bonchev–Trinajstić information content (AvgIpc) is 2.74. The predicted molar refractivity (Wildman–Crippen MR) is 107 cm³/mol. The number of hydrogen-bond donors (Lipinski definition) is 1. The van der Waals surface area contributed by atoms with Gasteiger partial charge in [0, 0.05) is 49.7 Å². The van der Waals surface area contributed by atoms with Gasteiger partial charge in [0.05, 0.1) is 7.11 Å². The lowest BCUT2D eigenvalue weighted by atomic mass is 9.91. The number of anilines is 1. The van der Waals surface area contributed by atoms with Crippen LogP contribution in [-0.4, -0.2) is 28.5 Å². The summed E-state index contributed by atoms with van der Waals surface area (Å²) in [5.74, 6) is 1.07. The van der Waals surface area contributed by atoms with Gasteiger partial charge in [0.15, 0.2) is 0 Å². The topological polar surface area (TPSA) is 88.1 Å². The van der Waals surface area contributed by atoms with Crippen LogP contribution >= 0.6 is 0 Å². The molecule has 0 saturated carbocycles. The monoisotopic (exact) mass is 371 g/mol. The van der Waals surface area contributed by atoms with Crippen molar-refractivity contribution in [1.82, 2.24) is 14.9 Å². The van der Waals surface area contributed by atoms with Gasteiger partial charge in [-0.3, -0.25) is 9.88 Å². The number of nitriles is 1. The zero-order chi connectivity index (χ0) is 19.5. The summed E-state index contributed by atoms with van der Waals surface area (Å²) in [6.07, 6.45) is 4.47. The van der Waals surface area contributed by atoms with Crippen LogP contribution in [0.2, 0.25) is 0 Å². The number of pyridine rings is 2. The Bertz CT molecular complexity index is 1030. The average molecular weight is 371 g/mol. The van der Waals surface area contributed by atoms with E-state index in [0.717, 1.165) is 47.6 Å². The van der Waals surface area contributed by atoms with Crippen molar-refractivity contribution < 1.29 is 4.74 Å². The molecule has 0 atom stereocenters. The SMILES string of the molecule is COc1ccc(-c2c(C#N)c(N)nc3c2CN(Cc2cccnc2)CC3)cc1. The Balaban J connectivity index is 1.75. The van der Waals surface area contributed by atoms with E-state index in [0.29, 0.717) is 17.9 Å². The van der Waals surface area contributed by atoms with Crippen LogP contribution in [-0.2, 0) is 19.5 Å². The van der Waals surface area contributed by atoms with Crippen molar-refractivity contribution in [3.63, 3.8) is 0 Å². The number of rotatable bonds is 4. The third kappa shape index (κ3) is 3.40. The van der Waals surface area contributed by atoms with Gasteiger partial charge in [-0.05, 0) is 34.9 Å². The highest BCUT2D eigenvalue weighted by Crippen LogP contribution is 2.36. The molecule has 3 aromatic rings. The number of ether oxygens (including phenoxy) is 1. The van der Waals surface area contributed by atoms with Crippen molar-refractivity contribution in [2.75, 3.05) is 19.4 Å². The van der Waals surface area contributed by atoms with Crippen LogP contribution in [0.3, 0.4) is 0 Å². The second-order valence-electron chi connectivity index (χ2n) is 6.83. The molecule has 0 radical (unpaired) electrons. The summed E-state index contributed by atoms with van der Waals surface area (Å²) >= 11 is 0. The number of fused-ring (bicyclic) bond motifs is 1. The van der Waals surface area contributed by atoms with Crippen molar-refractivity contribution in [2.45, 2.75) is 19.5 Å². The molecule has 4 rings (SSSR count). The molecule has 0 aliphatic carbocycles. The molecule has 28 heavy (non-hydrogen) atoms. The minimum absolute atomic E-state index is 0.299. The lowest BCUT2D eigenvalue weighted by Gasteiger charge is -2.30. The lowest BCUT2D eigenvalue weighted by molar-refractivity contribution is 0.243. The van der Waals surface area contributed by atoms with E-state index in [1.807, 2.05) is 36.5 Å². The van der Waals surface area contributed by atoms with Gasteiger partial charge in [0.1, 0.15) is 23.2 Å². The van der Waals surface area contributed by atoms with Crippen molar-refractivity contribution in [1.29, 1.82) is 5.26 Å². The third-order valence-corrected chi connectivity index (χ3v) is 5.08. The first-order chi connectivity index (χ1) is 13.7. The smallest absolute Gasteiger partial charge is 0.142 e. The van der Waals surface area contributed by atoms with Crippen LogP contribution < -0.4 is 10.5 Å². The fourth-order valence-electron chi connectivity index (χ4n) is 3.71. The molecular formula is C22H21N5O. The van der Waals surface area contributed by atoms with E-state index in [2.05, 4.69) is 27.0 Å². The molecule has 0 spiro atoms. The summed E-state index contributed by atoms with van der Waals surface area (Å²) in [6, 6.07) is 14.0. The molecule has 1 aromatic carbocycles. The highest BCUT2D eigenvalue weighted by Gasteiger charge is 2.25. The summed E-state index contributed by atoms with van der Waals surface area (Å²) in [6.45, 7) is 2.41. The molecule has 3 heterocycles. The normalized spacial score (nSPS) is 13.6. The predicted octanol–water partition coefficient (Wildman–Crippen LogP) is 3.16. The van der Waals surface area contributed by atoms with E-state index in [1.54, 1.807) is 13.3 Å². The zero-order valence-electron chi connectivity index (χ0n) is 15.7. The molecule has 2 N–H and O–H groups in total. The number of hydrogen-bond acceptors (Lipinski definition) is 6. The first kappa shape index (κ1) is 18.0. The maximum Gasteiger partial charge on any atom is 0.142 e. The van der Waals surface area contributed by atoms with Crippen LogP contribution in [0, 0.1) is 11.3 Å². The minimum atomic E-state index is 0.299. The molecule has 6 nitrogen and oxygen atoms in total. The van der Waals surface area contributed by atoms with Crippen LogP contribution in [0.1, 0.15) is 22.4 Å². The van der Waals surface area contributed by atoms with E-state index in [1.165, 1.54) is 5.56 Å². The van der Waals surface area contributed by atoms with Crippen molar-refractivity contribution in [3.05, 3.63) is 71.2 Å². The molecule has 2 aromatic heterocycles. The van der Waals surface area contributed by atoms with Crippen LogP contribution in [0.4, 0.5) is 5.82 Å². The van der Waals surface area contributed by atoms with Gasteiger partial charge in [-0.1, -0.05) is 18.2 Å². The molecule has 1 aliphatic rings. The van der Waals surface area contributed by atoms with Gasteiger partial charge in [-0.2, -0.15) is 5.26 Å². The second-order valence-corrected chi connectivity index (χ2v) is 6.83. The van der Waals surface area contributed by atoms with Crippen LogP contribution in [0.5, 0.6) is 5.75 Å². The van der Waals surface area contributed by atoms with Gasteiger partial charge in [-0.25, -0.2) is 4.98 Å². The lowest BCUT2D eigenvalue weighted by Crippen LogP contribution is -2.31. The highest BCUT2D eigenvalue weighted by atomic mass is 16.5. The van der Waals surface area contributed by atoms with Crippen LogP contribution in [0.25, 0.3) is 11.1 Å². The molecule has 0 saturated heterocycles. The Labute approximate surface area is 164 Å². The number of methoxy groups -OCH3 is 1. The number of nitrogens with two attached hydrogens (primary N) is 1. The molecule has 0 bridgehead atoms. The standard InChI is InChI=1S/C22H21N5O/c1-28-17-6-4-16(5-7-17)21-18(11-23)22(24)26-20-8-10-27(14-19(20)21)13-15-3-2-9-25-12-15/h2-7,9,12H,8,10,13-14H2,1H3,(H2,24,26). The minimum Gasteiger partial charge on any atom is -0.497 e. The van der Waals surface area contributed by atoms with Crippen molar-refractivity contribution in [2.24, 2.45) is 0 Å². The second kappa shape index (κ2) is 7.67. The highest BCUT2D eigenvalue weighted by molar-refractivity contribution is 5.79. The van der Waals surface area contributed by atoms with Crippen molar-refractivity contribution >= 4 is 5.82 Å². The van der Waals surface area contributed by atoms with E-state index < -0.39 is 0 Å². The van der Waals surface area contributed by atoms with E-state index in [-0.39, 0.29) is 0 Å². The summed E-state index contributed by atoms with van der Waals surface area (Å²) in [7, 11) is 1.64. The fraction of sp³-hybridized carbons (Fsp3) is 0.227. The molecule has 0 amide bonds. The summed E-state index contributed by atoms with van der Waals surface area (Å²) in [5, 5.41) is 9.75. The Hall–Kier alpha value is -3.43. The summed E-state index contributed by atoms with van der Waals surface area (Å²) in [5.41, 5.74) is 11.6. The van der Waals surface area contributed by atoms with Gasteiger partial charge in [-0.15, -0.1) is 0 Å². The molecule has 0 unspecified atom stereocenters. The molecule has 0 fully saturated rings. The summed E-state index contributed by atoms with van der Waals surface area (Å²) < 4.78 is 5.27. The Morgan fingerprint density at radius 2 is 2.07 bits per heavy atom. The number of nitrogens with zero attached hydrogens (tertiary/aromatic N) is 4. The third-order valence-electron chi connectivity index (χ3n) is 5.08. The fourth-order valence-corrected chi connectivity index (χ4v) is 3.71. The Kier molecular flexibility index (Phi) is 4.92. The molecule has 6 heteroatoms. The van der Waals surface area contributed by atoms with E-state index in [9.17, 15) is 5.26 Å². The molecule has 140 valence electrons. The number of nitrogen functional groups attached to an aromatic ring is 1. The van der Waals surface area contributed by atoms with E-state index >= 15 is 0 Å². The Morgan fingerprint density at radius 3 is 2.75 bits per heavy atom. The van der Waals surface area contributed by atoms with Crippen molar-refractivity contribution in [3.8, 4) is 22.9 Å². The van der Waals surface area contributed by atoms with Gasteiger partial charge in [0.2, 0.25) is 0 Å².